The lowest BCUT2D eigenvalue weighted by molar-refractivity contribution is -0.136. The third kappa shape index (κ3) is 9.50. The van der Waals surface area contributed by atoms with E-state index in [0.29, 0.717) is 19.3 Å². The molecule has 0 saturated heterocycles. The monoisotopic (exact) mass is 376 g/mol. The van der Waals surface area contributed by atoms with E-state index in [-0.39, 0.29) is 30.5 Å². The van der Waals surface area contributed by atoms with Crippen LogP contribution in [-0.4, -0.2) is 39.3 Å². The predicted octanol–water partition coefficient (Wildman–Crippen LogP) is 3.58. The maximum Gasteiger partial charge on any atom is 0.303 e. The SMILES string of the molecule is CC[C@@H]1C(=O)C[C@H](O)[C@H]1/C=C/[C@H](O)C/C=C\C/C=C\C/C=C\CCC(=O)O. The van der Waals surface area contributed by atoms with Crippen molar-refractivity contribution in [2.45, 2.75) is 64.1 Å². The fraction of sp³-hybridized carbons (Fsp3) is 0.545. The molecule has 4 atom stereocenters. The molecule has 0 bridgehead atoms. The highest BCUT2D eigenvalue weighted by atomic mass is 16.4. The molecule has 5 heteroatoms. The molecular formula is C22H32O5. The van der Waals surface area contributed by atoms with Gasteiger partial charge in [0.15, 0.2) is 0 Å². The molecule has 1 aliphatic rings. The Morgan fingerprint density at radius 2 is 1.78 bits per heavy atom. The van der Waals surface area contributed by atoms with Gasteiger partial charge in [0.1, 0.15) is 5.78 Å². The summed E-state index contributed by atoms with van der Waals surface area (Å²) in [6.45, 7) is 1.94. The number of allylic oxidation sites excluding steroid dienone is 5. The molecule has 1 rings (SSSR count). The Morgan fingerprint density at radius 3 is 2.41 bits per heavy atom. The molecule has 1 saturated carbocycles. The number of aliphatic hydroxyl groups is 2. The number of aliphatic hydroxyl groups excluding tert-OH is 2. The van der Waals surface area contributed by atoms with Gasteiger partial charge in [0, 0.05) is 24.7 Å². The van der Waals surface area contributed by atoms with Crippen LogP contribution in [0.2, 0.25) is 0 Å². The number of ketones is 1. The highest BCUT2D eigenvalue weighted by molar-refractivity contribution is 5.84. The second-order valence-corrected chi connectivity index (χ2v) is 6.84. The Balaban J connectivity index is 2.22. The molecule has 5 nitrogen and oxygen atoms in total. The zero-order valence-electron chi connectivity index (χ0n) is 16.0. The summed E-state index contributed by atoms with van der Waals surface area (Å²) in [4.78, 5) is 22.1. The van der Waals surface area contributed by atoms with Crippen molar-refractivity contribution in [2.24, 2.45) is 11.8 Å². The topological polar surface area (TPSA) is 94.8 Å². The minimum atomic E-state index is -0.782. The van der Waals surface area contributed by atoms with Gasteiger partial charge < -0.3 is 15.3 Å². The molecule has 0 aliphatic heterocycles. The molecule has 27 heavy (non-hydrogen) atoms. The molecule has 0 amide bonds. The lowest BCUT2D eigenvalue weighted by Gasteiger charge is -2.16. The first-order valence-corrected chi connectivity index (χ1v) is 9.69. The van der Waals surface area contributed by atoms with Crippen LogP contribution in [0.15, 0.2) is 48.6 Å². The van der Waals surface area contributed by atoms with E-state index in [2.05, 4.69) is 0 Å². The number of aliphatic carboxylic acids is 1. The molecular weight excluding hydrogens is 344 g/mol. The first-order valence-electron chi connectivity index (χ1n) is 9.69. The maximum absolute atomic E-state index is 11.8. The van der Waals surface area contributed by atoms with Gasteiger partial charge in [-0.25, -0.2) is 0 Å². The second kappa shape index (κ2) is 13.2. The normalized spacial score (nSPS) is 24.9. The molecule has 0 aromatic rings. The van der Waals surface area contributed by atoms with Gasteiger partial charge in [-0.15, -0.1) is 0 Å². The first-order chi connectivity index (χ1) is 13.0. The lowest BCUT2D eigenvalue weighted by atomic mass is 9.91. The van der Waals surface area contributed by atoms with Gasteiger partial charge in [-0.3, -0.25) is 9.59 Å². The third-order valence-electron chi connectivity index (χ3n) is 4.67. The van der Waals surface area contributed by atoms with E-state index in [1.54, 1.807) is 12.2 Å². The highest BCUT2D eigenvalue weighted by Crippen LogP contribution is 2.32. The van der Waals surface area contributed by atoms with Crippen LogP contribution in [0.25, 0.3) is 0 Å². The Bertz CT molecular complexity index is 573. The molecule has 1 aliphatic carbocycles. The molecule has 3 N–H and O–H groups in total. The summed E-state index contributed by atoms with van der Waals surface area (Å²) in [6, 6.07) is 0. The molecule has 0 radical (unpaired) electrons. The van der Waals surface area contributed by atoms with Crippen LogP contribution in [0.1, 0.15) is 51.9 Å². The van der Waals surface area contributed by atoms with Crippen molar-refractivity contribution in [3.63, 3.8) is 0 Å². The number of hydrogen-bond acceptors (Lipinski definition) is 4. The van der Waals surface area contributed by atoms with Crippen molar-refractivity contribution < 1.29 is 24.9 Å². The van der Waals surface area contributed by atoms with Crippen molar-refractivity contribution in [2.75, 3.05) is 0 Å². The van der Waals surface area contributed by atoms with E-state index in [0.717, 1.165) is 12.8 Å². The van der Waals surface area contributed by atoms with Crippen LogP contribution in [-0.2, 0) is 9.59 Å². The van der Waals surface area contributed by atoms with Crippen LogP contribution in [0.5, 0.6) is 0 Å². The second-order valence-electron chi connectivity index (χ2n) is 6.84. The summed E-state index contributed by atoms with van der Waals surface area (Å²) in [5, 5.41) is 28.5. The molecule has 0 aromatic heterocycles. The minimum absolute atomic E-state index is 0.109. The summed E-state index contributed by atoms with van der Waals surface area (Å²) in [7, 11) is 0. The van der Waals surface area contributed by atoms with Gasteiger partial charge in [-0.05, 0) is 32.1 Å². The molecule has 1 fully saturated rings. The molecule has 0 spiro atoms. The quantitative estimate of drug-likeness (QED) is 0.453. The number of carboxylic acids is 1. The average Bonchev–Trinajstić information content (AvgIpc) is 2.90. The van der Waals surface area contributed by atoms with Crippen LogP contribution in [0.4, 0.5) is 0 Å². The van der Waals surface area contributed by atoms with Crippen molar-refractivity contribution >= 4 is 11.8 Å². The van der Waals surface area contributed by atoms with Crippen molar-refractivity contribution in [3.05, 3.63) is 48.6 Å². The molecule has 0 unspecified atom stereocenters. The van der Waals surface area contributed by atoms with Gasteiger partial charge in [-0.1, -0.05) is 55.5 Å². The number of Topliss-reactive ketones (excluding diaryl/α,β-unsaturated/α-hetero) is 1. The minimum Gasteiger partial charge on any atom is -0.481 e. The Morgan fingerprint density at radius 1 is 1.15 bits per heavy atom. The van der Waals surface area contributed by atoms with Crippen LogP contribution < -0.4 is 0 Å². The zero-order chi connectivity index (χ0) is 20.1. The average molecular weight is 376 g/mol. The van der Waals surface area contributed by atoms with Gasteiger partial charge in [0.25, 0.3) is 0 Å². The van der Waals surface area contributed by atoms with E-state index in [9.17, 15) is 19.8 Å². The van der Waals surface area contributed by atoms with E-state index in [1.165, 1.54) is 0 Å². The highest BCUT2D eigenvalue weighted by Gasteiger charge is 2.38. The summed E-state index contributed by atoms with van der Waals surface area (Å²) in [5.74, 6) is -0.997. The van der Waals surface area contributed by atoms with E-state index >= 15 is 0 Å². The summed E-state index contributed by atoms with van der Waals surface area (Å²) < 4.78 is 0. The largest absolute Gasteiger partial charge is 0.481 e. The number of carboxylic acid groups (broad SMARTS) is 1. The van der Waals surface area contributed by atoms with Gasteiger partial charge in [0.05, 0.1) is 12.2 Å². The predicted molar refractivity (Wildman–Crippen MR) is 106 cm³/mol. The zero-order valence-corrected chi connectivity index (χ0v) is 16.0. The fourth-order valence-corrected chi connectivity index (χ4v) is 3.18. The van der Waals surface area contributed by atoms with Gasteiger partial charge in [0.2, 0.25) is 0 Å². The Hall–Kier alpha value is -1.98. The van der Waals surface area contributed by atoms with Crippen molar-refractivity contribution in [1.82, 2.24) is 0 Å². The van der Waals surface area contributed by atoms with E-state index < -0.39 is 18.2 Å². The van der Waals surface area contributed by atoms with Crippen LogP contribution in [0, 0.1) is 11.8 Å². The van der Waals surface area contributed by atoms with Crippen molar-refractivity contribution in [1.29, 1.82) is 0 Å². The van der Waals surface area contributed by atoms with Crippen LogP contribution in [0.3, 0.4) is 0 Å². The summed E-state index contributed by atoms with van der Waals surface area (Å²) in [5.41, 5.74) is 0. The fourth-order valence-electron chi connectivity index (χ4n) is 3.18. The smallest absolute Gasteiger partial charge is 0.303 e. The van der Waals surface area contributed by atoms with Gasteiger partial charge in [-0.2, -0.15) is 0 Å². The number of hydrogen-bond donors (Lipinski definition) is 3. The standard InChI is InChI=1S/C22H32O5/c1-2-18-19(21(25)16-20(18)24)15-14-17(23)12-10-8-6-4-3-5-7-9-11-13-22(26)27/h3-4,7-10,14-15,17-19,21,23,25H,2,5-6,11-13,16H2,1H3,(H,26,27)/b4-3-,9-7-,10-8-,15-14+/t17-,18+,19+,21+/m1/s1. The van der Waals surface area contributed by atoms with E-state index in [1.807, 2.05) is 43.4 Å². The number of carbonyl (C=O) groups excluding carboxylic acids is 1. The van der Waals surface area contributed by atoms with Gasteiger partial charge >= 0.3 is 5.97 Å². The third-order valence-corrected chi connectivity index (χ3v) is 4.67. The maximum atomic E-state index is 11.8. The van der Waals surface area contributed by atoms with E-state index in [4.69, 9.17) is 5.11 Å². The van der Waals surface area contributed by atoms with Crippen molar-refractivity contribution in [3.8, 4) is 0 Å². The number of rotatable bonds is 12. The number of carbonyl (C=O) groups is 2. The summed E-state index contributed by atoms with van der Waals surface area (Å²) >= 11 is 0. The molecule has 0 heterocycles. The Kier molecular flexibility index (Phi) is 11.3. The molecule has 150 valence electrons. The lowest BCUT2D eigenvalue weighted by Crippen LogP contribution is -2.18. The van der Waals surface area contributed by atoms with Crippen LogP contribution >= 0.6 is 0 Å². The molecule has 0 aromatic carbocycles. The first kappa shape index (κ1) is 23.1. The Labute approximate surface area is 161 Å². The summed E-state index contributed by atoms with van der Waals surface area (Å²) in [6.07, 6.45) is 17.6.